The maximum atomic E-state index is 10.1. The fourth-order valence-corrected chi connectivity index (χ4v) is 1.71. The van der Waals surface area contributed by atoms with E-state index in [0.29, 0.717) is 13.0 Å². The monoisotopic (exact) mass is 304 g/mol. The molecule has 0 heterocycles. The molecular weight excluding hydrogens is 272 g/mol. The summed E-state index contributed by atoms with van der Waals surface area (Å²) in [7, 11) is 0. The second kappa shape index (κ2) is 19.5. The molecule has 0 aromatic carbocycles. The molecule has 0 amide bonds. The smallest absolute Gasteiger partial charge is 0.120 e. The molecule has 0 aliphatic carbocycles. The van der Waals surface area contributed by atoms with E-state index in [2.05, 4.69) is 0 Å². The predicted octanol–water partition coefficient (Wildman–Crippen LogP) is 2.35. The third kappa shape index (κ3) is 19.5. The standard InChI is InChI=1S/C16H32O5/c17-9-1-3-11-19-13-5-7-15-21-16-8-6-14-20-12-4-2-10-18/h9,18H,1-8,10-16H2. The van der Waals surface area contributed by atoms with Crippen molar-refractivity contribution in [1.29, 1.82) is 0 Å². The van der Waals surface area contributed by atoms with E-state index in [9.17, 15) is 4.79 Å². The lowest BCUT2D eigenvalue weighted by Crippen LogP contribution is -2.03. The van der Waals surface area contributed by atoms with E-state index >= 15 is 0 Å². The van der Waals surface area contributed by atoms with Crippen molar-refractivity contribution in [2.45, 2.75) is 51.4 Å². The Morgan fingerprint density at radius 3 is 1.38 bits per heavy atom. The van der Waals surface area contributed by atoms with Gasteiger partial charge in [0.15, 0.2) is 0 Å². The molecule has 0 saturated carbocycles. The Morgan fingerprint density at radius 2 is 1.00 bits per heavy atom. The lowest BCUT2D eigenvalue weighted by molar-refractivity contribution is -0.108. The van der Waals surface area contributed by atoms with Crippen molar-refractivity contribution in [3.8, 4) is 0 Å². The molecule has 0 unspecified atom stereocenters. The molecule has 0 bridgehead atoms. The topological polar surface area (TPSA) is 65.0 Å². The maximum Gasteiger partial charge on any atom is 0.120 e. The molecule has 0 atom stereocenters. The third-order valence-electron chi connectivity index (χ3n) is 2.96. The molecule has 21 heavy (non-hydrogen) atoms. The van der Waals surface area contributed by atoms with Crippen LogP contribution in [0.2, 0.25) is 0 Å². The first kappa shape index (κ1) is 20.5. The minimum absolute atomic E-state index is 0.251. The van der Waals surface area contributed by atoms with Gasteiger partial charge in [0.2, 0.25) is 0 Å². The fourth-order valence-electron chi connectivity index (χ4n) is 1.71. The molecule has 0 fully saturated rings. The summed E-state index contributed by atoms with van der Waals surface area (Å²) in [5.74, 6) is 0. The third-order valence-corrected chi connectivity index (χ3v) is 2.96. The van der Waals surface area contributed by atoms with Crippen molar-refractivity contribution >= 4 is 6.29 Å². The second-order valence-electron chi connectivity index (χ2n) is 4.99. The van der Waals surface area contributed by atoms with Crippen molar-refractivity contribution in [2.24, 2.45) is 0 Å². The van der Waals surface area contributed by atoms with Crippen LogP contribution in [-0.2, 0) is 19.0 Å². The number of unbranched alkanes of at least 4 members (excludes halogenated alkanes) is 4. The number of hydrogen-bond donors (Lipinski definition) is 1. The number of aliphatic hydroxyl groups is 1. The molecule has 0 aliphatic rings. The summed E-state index contributed by atoms with van der Waals surface area (Å²) < 4.78 is 16.4. The molecule has 0 spiro atoms. The van der Waals surface area contributed by atoms with E-state index in [-0.39, 0.29) is 6.61 Å². The molecule has 1 N–H and O–H groups in total. The minimum atomic E-state index is 0.251. The molecule has 126 valence electrons. The van der Waals surface area contributed by atoms with E-state index in [1.54, 1.807) is 0 Å². The van der Waals surface area contributed by atoms with Crippen LogP contribution in [0.15, 0.2) is 0 Å². The highest BCUT2D eigenvalue weighted by Gasteiger charge is 1.94. The summed E-state index contributed by atoms with van der Waals surface area (Å²) in [6, 6.07) is 0. The van der Waals surface area contributed by atoms with Gasteiger partial charge in [0, 0.05) is 52.7 Å². The van der Waals surface area contributed by atoms with Gasteiger partial charge < -0.3 is 24.1 Å². The largest absolute Gasteiger partial charge is 0.396 e. The van der Waals surface area contributed by atoms with E-state index in [1.165, 1.54) is 0 Å². The molecule has 0 radical (unpaired) electrons. The zero-order valence-corrected chi connectivity index (χ0v) is 13.3. The second-order valence-corrected chi connectivity index (χ2v) is 4.99. The molecular formula is C16H32O5. The van der Waals surface area contributed by atoms with E-state index in [4.69, 9.17) is 19.3 Å². The van der Waals surface area contributed by atoms with E-state index in [1.807, 2.05) is 0 Å². The number of aldehydes is 1. The van der Waals surface area contributed by atoms with Gasteiger partial charge in [0.1, 0.15) is 6.29 Å². The summed E-state index contributed by atoms with van der Waals surface area (Å²) in [5.41, 5.74) is 0. The Bertz CT molecular complexity index is 199. The van der Waals surface area contributed by atoms with Gasteiger partial charge in [-0.15, -0.1) is 0 Å². The number of ether oxygens (including phenoxy) is 3. The van der Waals surface area contributed by atoms with Crippen LogP contribution in [0.1, 0.15) is 51.4 Å². The Hall–Kier alpha value is -0.490. The lowest BCUT2D eigenvalue weighted by Gasteiger charge is -2.06. The Kier molecular flexibility index (Phi) is 19.1. The van der Waals surface area contributed by atoms with Crippen LogP contribution in [0.25, 0.3) is 0 Å². The lowest BCUT2D eigenvalue weighted by atomic mass is 10.3. The molecule has 0 aromatic rings. The van der Waals surface area contributed by atoms with E-state index < -0.39 is 0 Å². The van der Waals surface area contributed by atoms with Crippen LogP contribution in [0.4, 0.5) is 0 Å². The van der Waals surface area contributed by atoms with Gasteiger partial charge in [0.25, 0.3) is 0 Å². The summed E-state index contributed by atoms with van der Waals surface area (Å²) in [5, 5.41) is 8.60. The highest BCUT2D eigenvalue weighted by Crippen LogP contribution is 1.97. The van der Waals surface area contributed by atoms with Crippen LogP contribution >= 0.6 is 0 Å². The summed E-state index contributed by atoms with van der Waals surface area (Å²) >= 11 is 0. The van der Waals surface area contributed by atoms with Crippen LogP contribution in [0, 0.1) is 0 Å². The van der Waals surface area contributed by atoms with Crippen molar-refractivity contribution in [2.75, 3.05) is 46.2 Å². The molecule has 0 saturated heterocycles. The van der Waals surface area contributed by atoms with Crippen LogP contribution in [0.5, 0.6) is 0 Å². The first-order chi connectivity index (χ1) is 10.4. The van der Waals surface area contributed by atoms with Crippen LogP contribution < -0.4 is 0 Å². The first-order valence-corrected chi connectivity index (χ1v) is 8.19. The van der Waals surface area contributed by atoms with Crippen molar-refractivity contribution in [3.63, 3.8) is 0 Å². The van der Waals surface area contributed by atoms with Gasteiger partial charge in [-0.05, 0) is 44.9 Å². The van der Waals surface area contributed by atoms with Gasteiger partial charge in [-0.3, -0.25) is 0 Å². The zero-order valence-electron chi connectivity index (χ0n) is 13.3. The average Bonchev–Trinajstić information content (AvgIpc) is 2.50. The number of carbonyl (C=O) groups excluding carboxylic acids is 1. The Balaban J connectivity index is 2.91. The van der Waals surface area contributed by atoms with Crippen LogP contribution in [-0.4, -0.2) is 57.6 Å². The van der Waals surface area contributed by atoms with Crippen molar-refractivity contribution < 1.29 is 24.1 Å². The number of aliphatic hydroxyl groups excluding tert-OH is 1. The molecule has 5 nitrogen and oxygen atoms in total. The van der Waals surface area contributed by atoms with Crippen LogP contribution in [0.3, 0.4) is 0 Å². The Labute approximate surface area is 129 Å². The normalized spacial score (nSPS) is 10.9. The summed E-state index contributed by atoms with van der Waals surface area (Å²) in [6.45, 7) is 4.79. The summed E-state index contributed by atoms with van der Waals surface area (Å²) in [4.78, 5) is 10.1. The van der Waals surface area contributed by atoms with Gasteiger partial charge >= 0.3 is 0 Å². The fraction of sp³-hybridized carbons (Fsp3) is 0.938. The average molecular weight is 304 g/mol. The maximum absolute atomic E-state index is 10.1. The van der Waals surface area contributed by atoms with Gasteiger partial charge in [-0.2, -0.15) is 0 Å². The minimum Gasteiger partial charge on any atom is -0.396 e. The quantitative estimate of drug-likeness (QED) is 0.311. The number of rotatable bonds is 18. The molecule has 0 aromatic heterocycles. The van der Waals surface area contributed by atoms with Gasteiger partial charge in [-0.1, -0.05) is 0 Å². The highest BCUT2D eigenvalue weighted by molar-refractivity contribution is 5.48. The van der Waals surface area contributed by atoms with Crippen molar-refractivity contribution in [3.05, 3.63) is 0 Å². The van der Waals surface area contributed by atoms with Gasteiger partial charge in [0.05, 0.1) is 0 Å². The van der Waals surface area contributed by atoms with Gasteiger partial charge in [-0.25, -0.2) is 0 Å². The molecule has 0 rings (SSSR count). The Morgan fingerprint density at radius 1 is 0.619 bits per heavy atom. The highest BCUT2D eigenvalue weighted by atomic mass is 16.5. The van der Waals surface area contributed by atoms with Crippen molar-refractivity contribution in [1.82, 2.24) is 0 Å². The summed E-state index contributed by atoms with van der Waals surface area (Å²) in [6.07, 6.45) is 8.18. The number of hydrogen-bond acceptors (Lipinski definition) is 5. The predicted molar refractivity (Wildman–Crippen MR) is 82.5 cm³/mol. The molecule has 5 heteroatoms. The van der Waals surface area contributed by atoms with E-state index in [0.717, 1.165) is 84.3 Å². The molecule has 0 aliphatic heterocycles. The number of carbonyl (C=O) groups is 1. The first-order valence-electron chi connectivity index (χ1n) is 8.19. The SMILES string of the molecule is O=CCCCOCCCCOCCCCOCCCCO. The zero-order chi connectivity index (χ0) is 15.4.